The third-order valence-corrected chi connectivity index (χ3v) is 3.08. The molecule has 0 bridgehead atoms. The molecule has 6 heteroatoms. The highest BCUT2D eigenvalue weighted by Crippen LogP contribution is 2.12. The molecule has 2 amide bonds. The number of hydrogen-bond acceptors (Lipinski definition) is 3. The van der Waals surface area contributed by atoms with Gasteiger partial charge in [0.1, 0.15) is 6.04 Å². The van der Waals surface area contributed by atoms with E-state index in [1.807, 2.05) is 11.8 Å². The molecule has 2 N–H and O–H groups in total. The number of rotatable bonds is 1. The summed E-state index contributed by atoms with van der Waals surface area (Å²) in [6.45, 7) is 4.45. The van der Waals surface area contributed by atoms with Crippen molar-refractivity contribution in [2.45, 2.75) is 31.8 Å². The number of halogens is 1. The van der Waals surface area contributed by atoms with Crippen molar-refractivity contribution >= 4 is 24.2 Å². The number of carbonyl (C=O) groups excluding carboxylic acids is 2. The minimum absolute atomic E-state index is 0. The van der Waals surface area contributed by atoms with Crippen LogP contribution in [-0.4, -0.2) is 48.4 Å². The molecule has 5 nitrogen and oxygen atoms in total. The third kappa shape index (κ3) is 2.65. The molecule has 0 saturated carbocycles. The normalized spacial score (nSPS) is 29.6. The van der Waals surface area contributed by atoms with Gasteiger partial charge in [-0.1, -0.05) is 0 Å². The quantitative estimate of drug-likeness (QED) is 0.657. The van der Waals surface area contributed by atoms with Crippen LogP contribution >= 0.6 is 12.4 Å². The maximum Gasteiger partial charge on any atom is 0.245 e. The second-order valence-electron chi connectivity index (χ2n) is 4.24. The molecule has 2 rings (SSSR count). The molecule has 0 radical (unpaired) electrons. The molecule has 0 aromatic rings. The highest BCUT2D eigenvalue weighted by Gasteiger charge is 2.33. The maximum atomic E-state index is 12.0. The number of amides is 2. The standard InChI is InChI=1S/C10H17N3O2.ClH/c1-7-6-11-4-5-13(7)10(15)8-2-3-9(14)12-8;/h7-8,11H,2-6H2,1H3,(H,12,14);1H/t7?,8-;/m1./s1. The Labute approximate surface area is 101 Å². The van der Waals surface area contributed by atoms with Gasteiger partial charge in [0.25, 0.3) is 0 Å². The molecule has 2 heterocycles. The summed E-state index contributed by atoms with van der Waals surface area (Å²) in [7, 11) is 0. The molecular weight excluding hydrogens is 230 g/mol. The molecule has 2 aliphatic heterocycles. The Hall–Kier alpha value is -0.810. The first-order valence-corrected chi connectivity index (χ1v) is 5.49. The Kier molecular flexibility index (Phi) is 4.56. The molecule has 0 aliphatic carbocycles. The lowest BCUT2D eigenvalue weighted by Gasteiger charge is -2.35. The fourth-order valence-corrected chi connectivity index (χ4v) is 2.17. The molecule has 92 valence electrons. The van der Waals surface area contributed by atoms with E-state index < -0.39 is 0 Å². The van der Waals surface area contributed by atoms with Crippen molar-refractivity contribution in [1.82, 2.24) is 15.5 Å². The summed E-state index contributed by atoms with van der Waals surface area (Å²) in [6.07, 6.45) is 1.13. The first-order chi connectivity index (χ1) is 7.18. The van der Waals surface area contributed by atoms with E-state index in [2.05, 4.69) is 10.6 Å². The molecular formula is C10H18ClN3O2. The summed E-state index contributed by atoms with van der Waals surface area (Å²) < 4.78 is 0. The Morgan fingerprint density at radius 1 is 1.50 bits per heavy atom. The second-order valence-corrected chi connectivity index (χ2v) is 4.24. The molecule has 16 heavy (non-hydrogen) atoms. The number of nitrogens with zero attached hydrogens (tertiary/aromatic N) is 1. The summed E-state index contributed by atoms with van der Waals surface area (Å²) >= 11 is 0. The van der Waals surface area contributed by atoms with E-state index in [9.17, 15) is 9.59 Å². The number of piperazine rings is 1. The van der Waals surface area contributed by atoms with Gasteiger partial charge in [-0.2, -0.15) is 0 Å². The van der Waals surface area contributed by atoms with Crippen molar-refractivity contribution in [2.75, 3.05) is 19.6 Å². The number of nitrogens with one attached hydrogen (secondary N) is 2. The van der Waals surface area contributed by atoms with Gasteiger partial charge < -0.3 is 15.5 Å². The molecule has 2 fully saturated rings. The number of carbonyl (C=O) groups is 2. The van der Waals surface area contributed by atoms with Crippen molar-refractivity contribution in [3.63, 3.8) is 0 Å². The van der Waals surface area contributed by atoms with Crippen LogP contribution in [0.3, 0.4) is 0 Å². The summed E-state index contributed by atoms with van der Waals surface area (Å²) in [5.74, 6) is 0.0750. The van der Waals surface area contributed by atoms with Crippen molar-refractivity contribution in [3.8, 4) is 0 Å². The zero-order valence-electron chi connectivity index (χ0n) is 9.36. The lowest BCUT2D eigenvalue weighted by Crippen LogP contribution is -2.56. The van der Waals surface area contributed by atoms with E-state index >= 15 is 0 Å². The zero-order chi connectivity index (χ0) is 10.8. The minimum Gasteiger partial charge on any atom is -0.344 e. The largest absolute Gasteiger partial charge is 0.344 e. The maximum absolute atomic E-state index is 12.0. The first kappa shape index (κ1) is 13.3. The average molecular weight is 248 g/mol. The van der Waals surface area contributed by atoms with Crippen molar-refractivity contribution in [2.24, 2.45) is 0 Å². The van der Waals surface area contributed by atoms with Gasteiger partial charge in [0.05, 0.1) is 0 Å². The van der Waals surface area contributed by atoms with Crippen LogP contribution in [0.1, 0.15) is 19.8 Å². The van der Waals surface area contributed by atoms with Gasteiger partial charge in [-0.25, -0.2) is 0 Å². The van der Waals surface area contributed by atoms with Gasteiger partial charge in [-0.05, 0) is 13.3 Å². The zero-order valence-corrected chi connectivity index (χ0v) is 10.2. The SMILES string of the molecule is CC1CNCCN1C(=O)[C@H]1CCC(=O)N1.Cl. The molecule has 0 aromatic carbocycles. The van der Waals surface area contributed by atoms with Crippen LogP contribution in [0, 0.1) is 0 Å². The van der Waals surface area contributed by atoms with Crippen LogP contribution in [0.2, 0.25) is 0 Å². The van der Waals surface area contributed by atoms with Crippen LogP contribution in [0.4, 0.5) is 0 Å². The average Bonchev–Trinajstić information content (AvgIpc) is 2.65. The Morgan fingerprint density at radius 2 is 2.25 bits per heavy atom. The molecule has 0 spiro atoms. The summed E-state index contributed by atoms with van der Waals surface area (Å²) in [5, 5.41) is 5.96. The van der Waals surface area contributed by atoms with Gasteiger partial charge in [0.15, 0.2) is 0 Å². The lowest BCUT2D eigenvalue weighted by molar-refractivity contribution is -0.137. The fraction of sp³-hybridized carbons (Fsp3) is 0.800. The Bertz CT molecular complexity index is 285. The lowest BCUT2D eigenvalue weighted by atomic mass is 10.1. The third-order valence-electron chi connectivity index (χ3n) is 3.08. The molecule has 0 aromatic heterocycles. The molecule has 1 unspecified atom stereocenters. The predicted octanol–water partition coefficient (Wildman–Crippen LogP) is -0.493. The number of hydrogen-bond donors (Lipinski definition) is 2. The van der Waals surface area contributed by atoms with Gasteiger partial charge in [-0.3, -0.25) is 9.59 Å². The van der Waals surface area contributed by atoms with E-state index in [0.717, 1.165) is 19.6 Å². The Morgan fingerprint density at radius 3 is 2.81 bits per heavy atom. The summed E-state index contributed by atoms with van der Waals surface area (Å²) in [6, 6.07) is -0.0539. The highest BCUT2D eigenvalue weighted by atomic mass is 35.5. The van der Waals surface area contributed by atoms with Crippen molar-refractivity contribution < 1.29 is 9.59 Å². The van der Waals surface area contributed by atoms with E-state index in [4.69, 9.17) is 0 Å². The van der Waals surface area contributed by atoms with E-state index in [-0.39, 0.29) is 36.3 Å². The van der Waals surface area contributed by atoms with Gasteiger partial charge in [-0.15, -0.1) is 12.4 Å². The van der Waals surface area contributed by atoms with Crippen LogP contribution < -0.4 is 10.6 Å². The van der Waals surface area contributed by atoms with Gasteiger partial charge in [0.2, 0.25) is 11.8 Å². The van der Waals surface area contributed by atoms with E-state index in [0.29, 0.717) is 12.8 Å². The van der Waals surface area contributed by atoms with Crippen LogP contribution in [-0.2, 0) is 9.59 Å². The molecule has 2 atom stereocenters. The monoisotopic (exact) mass is 247 g/mol. The van der Waals surface area contributed by atoms with Crippen LogP contribution in [0.5, 0.6) is 0 Å². The van der Waals surface area contributed by atoms with Crippen LogP contribution in [0.15, 0.2) is 0 Å². The van der Waals surface area contributed by atoms with Crippen molar-refractivity contribution in [3.05, 3.63) is 0 Å². The minimum atomic E-state index is -0.280. The highest BCUT2D eigenvalue weighted by molar-refractivity contribution is 5.91. The summed E-state index contributed by atoms with van der Waals surface area (Å²) in [5.41, 5.74) is 0. The van der Waals surface area contributed by atoms with Gasteiger partial charge >= 0.3 is 0 Å². The second kappa shape index (κ2) is 5.50. The van der Waals surface area contributed by atoms with Crippen LogP contribution in [0.25, 0.3) is 0 Å². The summed E-state index contributed by atoms with van der Waals surface area (Å²) in [4.78, 5) is 24.9. The Balaban J connectivity index is 0.00000128. The van der Waals surface area contributed by atoms with E-state index in [1.54, 1.807) is 0 Å². The molecule has 2 saturated heterocycles. The van der Waals surface area contributed by atoms with Gasteiger partial charge in [0, 0.05) is 32.1 Å². The molecule has 2 aliphatic rings. The smallest absolute Gasteiger partial charge is 0.245 e. The fourth-order valence-electron chi connectivity index (χ4n) is 2.17. The topological polar surface area (TPSA) is 61.4 Å². The first-order valence-electron chi connectivity index (χ1n) is 5.49. The predicted molar refractivity (Wildman–Crippen MR) is 62.5 cm³/mol. The van der Waals surface area contributed by atoms with E-state index in [1.165, 1.54) is 0 Å². The van der Waals surface area contributed by atoms with Crippen molar-refractivity contribution in [1.29, 1.82) is 0 Å².